The van der Waals surface area contributed by atoms with Crippen LogP contribution in [0.1, 0.15) is 118 Å². The molecule has 0 unspecified atom stereocenters. The van der Waals surface area contributed by atoms with E-state index in [2.05, 4.69) is 87.5 Å². The van der Waals surface area contributed by atoms with E-state index < -0.39 is 0 Å². The van der Waals surface area contributed by atoms with Gasteiger partial charge in [0.2, 0.25) is 0 Å². The van der Waals surface area contributed by atoms with Gasteiger partial charge in [-0.1, -0.05) is 107 Å². The van der Waals surface area contributed by atoms with E-state index in [0.717, 1.165) is 35.1 Å². The number of rotatable bonds is 6. The summed E-state index contributed by atoms with van der Waals surface area (Å²) in [6, 6.07) is 6.31. The average molecular weight is 512 g/mol. The third-order valence-corrected chi connectivity index (χ3v) is 4.78. The van der Waals surface area contributed by atoms with Crippen LogP contribution >= 0.6 is 0 Å². The number of aliphatic imine (C=N–C) groups is 2. The normalized spacial score (nSPS) is 12.8. The third kappa shape index (κ3) is 16.4. The maximum Gasteiger partial charge on any atom is 0.270 e. The maximum atomic E-state index is 12.8. The minimum atomic E-state index is -0.128. The van der Waals surface area contributed by atoms with Gasteiger partial charge in [-0.2, -0.15) is 0 Å². The van der Waals surface area contributed by atoms with Crippen LogP contribution in [0.25, 0.3) is 5.57 Å². The summed E-state index contributed by atoms with van der Waals surface area (Å²) in [6.45, 7) is 29.5. The molecule has 1 N–H and O–H groups in total. The lowest BCUT2D eigenvalue weighted by molar-refractivity contribution is -0.115. The third-order valence-electron chi connectivity index (χ3n) is 4.78. The Kier molecular flexibility index (Phi) is 32.6. The van der Waals surface area contributed by atoms with Crippen LogP contribution in [0.3, 0.4) is 0 Å². The van der Waals surface area contributed by atoms with E-state index in [9.17, 15) is 4.79 Å². The van der Waals surface area contributed by atoms with Crippen LogP contribution in [0.4, 0.5) is 0 Å². The van der Waals surface area contributed by atoms with Gasteiger partial charge >= 0.3 is 0 Å². The summed E-state index contributed by atoms with van der Waals surface area (Å²) in [6.07, 6.45) is 14.7. The number of amides is 1. The molecule has 1 amide bonds. The Morgan fingerprint density at radius 2 is 1.62 bits per heavy atom. The van der Waals surface area contributed by atoms with Crippen LogP contribution in [0.5, 0.6) is 0 Å². The summed E-state index contributed by atoms with van der Waals surface area (Å²) < 4.78 is 0. The predicted molar refractivity (Wildman–Crippen MR) is 171 cm³/mol. The second kappa shape index (κ2) is 29.3. The topological polar surface area (TPSA) is 53.8 Å². The number of benzene rings is 1. The molecule has 1 heterocycles. The largest absolute Gasteiger partial charge is 0.344 e. The predicted octanol–water partition coefficient (Wildman–Crippen LogP) is 9.20. The molecule has 0 radical (unpaired) electrons. The Balaban J connectivity index is -0.000000434. The van der Waals surface area contributed by atoms with Gasteiger partial charge in [-0.3, -0.25) is 14.8 Å². The minimum Gasteiger partial charge on any atom is -0.344 e. The summed E-state index contributed by atoms with van der Waals surface area (Å²) >= 11 is 0. The molecule has 0 saturated heterocycles. The SMILES string of the molecule is C#C.C=C(CC)c1ccc([C@H](CC)NC(=O)C2=NCC=NC/C2=C\C)c(C)c1.CC.CC.CC.CCC. The molecule has 0 bridgehead atoms. The van der Waals surface area contributed by atoms with Crippen molar-refractivity contribution in [3.8, 4) is 12.8 Å². The standard InChI is InChI=1S/C22H29N3O.C3H8.3C2H6.C2H2/c1-6-15(4)18-9-10-19(16(5)13-18)20(8-3)25-22(26)21-17(7-2)14-23-11-12-24-21;1-3-2;4*1-2/h7,9-11,13,20H,4,6,8,12,14H2,1-3,5H3,(H,25,26);3H2,1-2H3;3*1-2H3;1-2H/b17-7+;;;;;/t20-;;;;;/m0...../s1. The highest BCUT2D eigenvalue weighted by Crippen LogP contribution is 2.25. The molecule has 4 heteroatoms. The van der Waals surface area contributed by atoms with E-state index in [1.54, 1.807) is 6.21 Å². The van der Waals surface area contributed by atoms with Crippen molar-refractivity contribution >= 4 is 23.4 Å². The highest BCUT2D eigenvalue weighted by atomic mass is 16.2. The van der Waals surface area contributed by atoms with E-state index in [-0.39, 0.29) is 11.9 Å². The van der Waals surface area contributed by atoms with Crippen molar-refractivity contribution in [2.45, 2.75) is 108 Å². The van der Waals surface area contributed by atoms with E-state index in [0.29, 0.717) is 18.8 Å². The Morgan fingerprint density at radius 3 is 2.05 bits per heavy atom. The molecule has 1 aromatic rings. The van der Waals surface area contributed by atoms with Gasteiger partial charge in [-0.15, -0.1) is 12.8 Å². The van der Waals surface area contributed by atoms with Crippen molar-refractivity contribution in [2.24, 2.45) is 9.98 Å². The number of hydrogen-bond donors (Lipinski definition) is 1. The zero-order valence-corrected chi connectivity index (χ0v) is 26.2. The molecule has 2 rings (SSSR count). The Hall–Kier alpha value is -2.93. The molecular weight excluding hydrogens is 454 g/mol. The Bertz CT molecular complexity index is 829. The molecule has 0 aromatic heterocycles. The van der Waals surface area contributed by atoms with Crippen LogP contribution < -0.4 is 5.32 Å². The lowest BCUT2D eigenvalue weighted by Crippen LogP contribution is -2.35. The van der Waals surface area contributed by atoms with Gasteiger partial charge in [0.25, 0.3) is 5.91 Å². The van der Waals surface area contributed by atoms with Gasteiger partial charge in [-0.05, 0) is 49.0 Å². The fraction of sp³-hybridized carbons (Fsp3) is 0.545. The molecule has 0 saturated carbocycles. The van der Waals surface area contributed by atoms with Crippen molar-refractivity contribution in [3.63, 3.8) is 0 Å². The highest BCUT2D eigenvalue weighted by molar-refractivity contribution is 6.45. The van der Waals surface area contributed by atoms with Crippen molar-refractivity contribution in [3.05, 3.63) is 53.1 Å². The molecule has 4 nitrogen and oxygen atoms in total. The summed E-state index contributed by atoms with van der Waals surface area (Å²) in [7, 11) is 0. The summed E-state index contributed by atoms with van der Waals surface area (Å²) in [5.74, 6) is -0.128. The number of carbonyl (C=O) groups is 1. The van der Waals surface area contributed by atoms with E-state index in [4.69, 9.17) is 0 Å². The van der Waals surface area contributed by atoms with E-state index >= 15 is 0 Å². The number of aryl methyl sites for hydroxylation is 1. The molecule has 37 heavy (non-hydrogen) atoms. The average Bonchev–Trinajstić information content (AvgIpc) is 3.22. The number of terminal acetylenes is 1. The number of allylic oxidation sites excluding steroid dienone is 2. The number of nitrogens with zero attached hydrogens (tertiary/aromatic N) is 2. The Labute approximate surface area is 230 Å². The number of carbonyl (C=O) groups excluding carboxylic acids is 1. The van der Waals surface area contributed by atoms with E-state index in [1.165, 1.54) is 12.0 Å². The second-order valence-electron chi connectivity index (χ2n) is 7.20. The van der Waals surface area contributed by atoms with Gasteiger partial charge in [0.1, 0.15) is 5.71 Å². The molecule has 210 valence electrons. The summed E-state index contributed by atoms with van der Waals surface area (Å²) in [5, 5.41) is 3.16. The minimum absolute atomic E-state index is 0.0450. The molecule has 1 aliphatic rings. The van der Waals surface area contributed by atoms with Gasteiger partial charge in [0.15, 0.2) is 0 Å². The van der Waals surface area contributed by atoms with Crippen molar-refractivity contribution < 1.29 is 4.79 Å². The fourth-order valence-corrected chi connectivity index (χ4v) is 3.09. The van der Waals surface area contributed by atoms with E-state index in [1.807, 2.05) is 54.5 Å². The van der Waals surface area contributed by atoms with Crippen molar-refractivity contribution in [1.82, 2.24) is 5.32 Å². The van der Waals surface area contributed by atoms with Crippen molar-refractivity contribution in [1.29, 1.82) is 0 Å². The summed E-state index contributed by atoms with van der Waals surface area (Å²) in [5.41, 5.74) is 5.97. The lowest BCUT2D eigenvalue weighted by Gasteiger charge is -2.21. The van der Waals surface area contributed by atoms with Crippen molar-refractivity contribution in [2.75, 3.05) is 13.1 Å². The summed E-state index contributed by atoms with van der Waals surface area (Å²) in [4.78, 5) is 21.5. The maximum absolute atomic E-state index is 12.8. The Morgan fingerprint density at radius 1 is 1.08 bits per heavy atom. The van der Waals surface area contributed by atoms with Crippen LogP contribution in [0.15, 0.2) is 46.4 Å². The zero-order chi connectivity index (χ0) is 29.8. The molecule has 1 aliphatic heterocycles. The van der Waals surface area contributed by atoms with Crippen LogP contribution in [-0.2, 0) is 4.79 Å². The monoisotopic (exact) mass is 511 g/mol. The van der Waals surface area contributed by atoms with Gasteiger partial charge in [0.05, 0.1) is 19.1 Å². The van der Waals surface area contributed by atoms with Crippen LogP contribution in [0.2, 0.25) is 0 Å². The smallest absolute Gasteiger partial charge is 0.270 e. The first-order chi connectivity index (χ1) is 17.9. The first-order valence-corrected chi connectivity index (χ1v) is 14.0. The second-order valence-corrected chi connectivity index (χ2v) is 7.20. The number of hydrogen-bond acceptors (Lipinski definition) is 3. The highest BCUT2D eigenvalue weighted by Gasteiger charge is 2.21. The molecule has 1 aromatic carbocycles. The number of nitrogens with one attached hydrogen (secondary N) is 1. The molecule has 0 spiro atoms. The van der Waals surface area contributed by atoms with Crippen LogP contribution in [0, 0.1) is 19.8 Å². The van der Waals surface area contributed by atoms with Gasteiger partial charge < -0.3 is 5.32 Å². The first-order valence-electron chi connectivity index (χ1n) is 14.0. The molecule has 0 aliphatic carbocycles. The lowest BCUT2D eigenvalue weighted by atomic mass is 9.94. The van der Waals surface area contributed by atoms with Gasteiger partial charge in [0, 0.05) is 11.8 Å². The van der Waals surface area contributed by atoms with Gasteiger partial charge in [-0.25, -0.2) is 0 Å². The zero-order valence-electron chi connectivity index (χ0n) is 26.2. The molecular formula is C33H57N3O. The fourth-order valence-electron chi connectivity index (χ4n) is 3.09. The first kappa shape index (κ1) is 41.2. The quantitative estimate of drug-likeness (QED) is 0.380. The molecule has 0 fully saturated rings. The van der Waals surface area contributed by atoms with Crippen LogP contribution in [-0.4, -0.2) is 30.9 Å². The molecule has 1 atom stereocenters.